The van der Waals surface area contributed by atoms with Gasteiger partial charge in [-0.15, -0.1) is 0 Å². The van der Waals surface area contributed by atoms with Crippen molar-refractivity contribution in [1.82, 2.24) is 10.2 Å². The molecule has 0 atom stereocenters. The Kier molecular flexibility index (Phi) is 5.88. The van der Waals surface area contributed by atoms with Crippen LogP contribution in [0.1, 0.15) is 63.1 Å². The summed E-state index contributed by atoms with van der Waals surface area (Å²) in [5.41, 5.74) is 1.64. The zero-order valence-electron chi connectivity index (χ0n) is 16.8. The highest BCUT2D eigenvalue weighted by Gasteiger charge is 2.46. The fraction of sp³-hybridized carbons (Fsp3) is 0.636. The Morgan fingerprint density at radius 3 is 2.52 bits per heavy atom. The minimum absolute atomic E-state index is 0.135. The molecule has 2 fully saturated rings. The molecule has 1 N–H and O–H groups in total. The van der Waals surface area contributed by atoms with Crippen molar-refractivity contribution in [2.45, 2.75) is 64.0 Å². The Hall–Kier alpha value is -1.90. The van der Waals surface area contributed by atoms with Crippen LogP contribution < -0.4 is 5.32 Å². The van der Waals surface area contributed by atoms with Crippen molar-refractivity contribution >= 4 is 5.97 Å². The zero-order valence-corrected chi connectivity index (χ0v) is 16.8. The second kappa shape index (κ2) is 8.00. The van der Waals surface area contributed by atoms with Gasteiger partial charge >= 0.3 is 5.97 Å². The summed E-state index contributed by atoms with van der Waals surface area (Å²) in [6.07, 6.45) is 3.63. The molecule has 5 heteroatoms. The molecular formula is C22H31N3O2. The van der Waals surface area contributed by atoms with Gasteiger partial charge in [-0.1, -0.05) is 18.9 Å². The number of carbonyl (C=O) groups is 1. The summed E-state index contributed by atoms with van der Waals surface area (Å²) in [5, 5.41) is 12.8. The number of esters is 1. The molecule has 0 radical (unpaired) electrons. The summed E-state index contributed by atoms with van der Waals surface area (Å²) < 4.78 is 5.85. The predicted molar refractivity (Wildman–Crippen MR) is 105 cm³/mol. The molecule has 146 valence electrons. The van der Waals surface area contributed by atoms with E-state index >= 15 is 0 Å². The van der Waals surface area contributed by atoms with E-state index in [1.54, 1.807) is 0 Å². The lowest BCUT2D eigenvalue weighted by atomic mass is 9.75. The molecule has 1 saturated heterocycles. The molecule has 1 aliphatic heterocycles. The van der Waals surface area contributed by atoms with Crippen LogP contribution in [0.25, 0.3) is 0 Å². The summed E-state index contributed by atoms with van der Waals surface area (Å²) in [6, 6.07) is 8.10. The quantitative estimate of drug-likeness (QED) is 0.826. The third-order valence-electron chi connectivity index (χ3n) is 5.60. The van der Waals surface area contributed by atoms with E-state index < -0.39 is 11.0 Å². The van der Waals surface area contributed by atoms with Gasteiger partial charge in [-0.05, 0) is 56.9 Å². The second-order valence-corrected chi connectivity index (χ2v) is 8.80. The first-order chi connectivity index (χ1) is 12.8. The molecule has 0 unspecified atom stereocenters. The Morgan fingerprint density at radius 1 is 1.26 bits per heavy atom. The smallest absolute Gasteiger partial charge is 0.317 e. The van der Waals surface area contributed by atoms with Gasteiger partial charge < -0.3 is 10.1 Å². The number of ether oxygens (including phenoxy) is 1. The van der Waals surface area contributed by atoms with Crippen LogP contribution in [0.3, 0.4) is 0 Å². The number of hydrogen-bond acceptors (Lipinski definition) is 5. The van der Waals surface area contributed by atoms with E-state index in [9.17, 15) is 10.1 Å². The van der Waals surface area contributed by atoms with Gasteiger partial charge in [-0.3, -0.25) is 9.69 Å². The van der Waals surface area contributed by atoms with Gasteiger partial charge in [-0.2, -0.15) is 5.26 Å². The van der Waals surface area contributed by atoms with E-state index in [0.29, 0.717) is 5.56 Å². The summed E-state index contributed by atoms with van der Waals surface area (Å²) in [6.45, 7) is 10.5. The van der Waals surface area contributed by atoms with Crippen molar-refractivity contribution in [2.24, 2.45) is 0 Å². The molecule has 1 saturated carbocycles. The minimum atomic E-state index is -0.622. The van der Waals surface area contributed by atoms with Crippen LogP contribution in [-0.2, 0) is 21.5 Å². The van der Waals surface area contributed by atoms with E-state index in [1.165, 1.54) is 0 Å². The van der Waals surface area contributed by atoms with Gasteiger partial charge in [0.05, 0.1) is 17.0 Å². The molecule has 1 aromatic carbocycles. The number of hydrogen-bond donors (Lipinski definition) is 1. The maximum absolute atomic E-state index is 13.3. The number of carbonyl (C=O) groups excluding carboxylic acids is 1. The lowest BCUT2D eigenvalue weighted by Crippen LogP contribution is -2.44. The molecule has 5 nitrogen and oxygen atoms in total. The van der Waals surface area contributed by atoms with Crippen LogP contribution in [0, 0.1) is 11.3 Å². The maximum Gasteiger partial charge on any atom is 0.317 e. The number of nitrogens with zero attached hydrogens (tertiary/aromatic N) is 2. The number of piperazine rings is 1. The van der Waals surface area contributed by atoms with Crippen molar-refractivity contribution < 1.29 is 9.53 Å². The van der Waals surface area contributed by atoms with Crippen LogP contribution in [0.4, 0.5) is 0 Å². The predicted octanol–water partition coefficient (Wildman–Crippen LogP) is 3.12. The van der Waals surface area contributed by atoms with E-state index in [4.69, 9.17) is 4.74 Å². The minimum Gasteiger partial charge on any atom is -0.459 e. The number of benzene rings is 1. The topological polar surface area (TPSA) is 65.4 Å². The van der Waals surface area contributed by atoms with Crippen molar-refractivity contribution in [3.8, 4) is 6.07 Å². The highest BCUT2D eigenvalue weighted by Crippen LogP contribution is 2.45. The molecule has 2 aliphatic rings. The molecule has 3 rings (SSSR count). The first kappa shape index (κ1) is 19.9. The van der Waals surface area contributed by atoms with Crippen LogP contribution in [0.15, 0.2) is 18.2 Å². The standard InChI is InChI=1S/C22H31N3O2/c1-21(2,3)27-20(26)22(8-4-5-9-22)19-14-17(15-23)6-7-18(19)16-25-12-10-24-11-13-25/h6-7,14,24H,4-5,8-13,16H2,1-3H3. The summed E-state index contributed by atoms with van der Waals surface area (Å²) in [7, 11) is 0. The van der Waals surface area contributed by atoms with Gasteiger partial charge in [0.2, 0.25) is 0 Å². The zero-order chi connectivity index (χ0) is 19.5. The summed E-state index contributed by atoms with van der Waals surface area (Å²) in [4.78, 5) is 15.7. The van der Waals surface area contributed by atoms with Crippen LogP contribution in [-0.4, -0.2) is 42.6 Å². The summed E-state index contributed by atoms with van der Waals surface area (Å²) >= 11 is 0. The van der Waals surface area contributed by atoms with Crippen molar-refractivity contribution in [3.63, 3.8) is 0 Å². The molecular weight excluding hydrogens is 338 g/mol. The van der Waals surface area contributed by atoms with Gasteiger partial charge in [0.15, 0.2) is 0 Å². The third-order valence-corrected chi connectivity index (χ3v) is 5.60. The number of nitrogens with one attached hydrogen (secondary N) is 1. The SMILES string of the molecule is CC(C)(C)OC(=O)C1(c2cc(C#N)ccc2CN2CCNCC2)CCCC1. The summed E-state index contributed by atoms with van der Waals surface area (Å²) in [5.74, 6) is -0.135. The van der Waals surface area contributed by atoms with Gasteiger partial charge in [0, 0.05) is 32.7 Å². The fourth-order valence-electron chi connectivity index (χ4n) is 4.28. The van der Waals surface area contributed by atoms with Crippen molar-refractivity contribution in [1.29, 1.82) is 5.26 Å². The number of nitriles is 1. The first-order valence-corrected chi connectivity index (χ1v) is 10.0. The molecule has 0 amide bonds. The van der Waals surface area contributed by atoms with E-state index in [2.05, 4.69) is 16.3 Å². The van der Waals surface area contributed by atoms with Gasteiger partial charge in [0.25, 0.3) is 0 Å². The monoisotopic (exact) mass is 369 g/mol. The molecule has 27 heavy (non-hydrogen) atoms. The van der Waals surface area contributed by atoms with Gasteiger partial charge in [0.1, 0.15) is 5.60 Å². The van der Waals surface area contributed by atoms with E-state index in [0.717, 1.165) is 69.5 Å². The Morgan fingerprint density at radius 2 is 1.93 bits per heavy atom. The molecule has 1 aliphatic carbocycles. The van der Waals surface area contributed by atoms with Crippen molar-refractivity contribution in [3.05, 3.63) is 34.9 Å². The Labute approximate surface area is 162 Å². The number of rotatable bonds is 4. The largest absolute Gasteiger partial charge is 0.459 e. The fourth-order valence-corrected chi connectivity index (χ4v) is 4.28. The first-order valence-electron chi connectivity index (χ1n) is 10.0. The lowest BCUT2D eigenvalue weighted by Gasteiger charge is -2.34. The van der Waals surface area contributed by atoms with E-state index in [-0.39, 0.29) is 5.97 Å². The second-order valence-electron chi connectivity index (χ2n) is 8.80. The lowest BCUT2D eigenvalue weighted by molar-refractivity contribution is -0.162. The molecule has 1 aromatic rings. The average Bonchev–Trinajstić information content (AvgIpc) is 3.12. The van der Waals surface area contributed by atoms with E-state index in [1.807, 2.05) is 39.0 Å². The maximum atomic E-state index is 13.3. The molecule has 0 bridgehead atoms. The van der Waals surface area contributed by atoms with Crippen LogP contribution in [0.5, 0.6) is 0 Å². The van der Waals surface area contributed by atoms with Gasteiger partial charge in [-0.25, -0.2) is 0 Å². The van der Waals surface area contributed by atoms with Crippen LogP contribution in [0.2, 0.25) is 0 Å². The highest BCUT2D eigenvalue weighted by atomic mass is 16.6. The molecule has 1 heterocycles. The van der Waals surface area contributed by atoms with Crippen molar-refractivity contribution in [2.75, 3.05) is 26.2 Å². The molecule has 0 spiro atoms. The molecule has 0 aromatic heterocycles. The Balaban J connectivity index is 1.99. The highest BCUT2D eigenvalue weighted by molar-refractivity contribution is 5.84. The third kappa shape index (κ3) is 4.51. The average molecular weight is 370 g/mol. The Bertz CT molecular complexity index is 718. The normalized spacial score (nSPS) is 20.2. The van der Waals surface area contributed by atoms with Crippen LogP contribution >= 0.6 is 0 Å².